The molecule has 0 radical (unpaired) electrons. The normalized spacial score (nSPS) is 20.4. The molecule has 1 aromatic heterocycles. The fourth-order valence-electron chi connectivity index (χ4n) is 3.54. The lowest BCUT2D eigenvalue weighted by atomic mass is 9.70. The van der Waals surface area contributed by atoms with Crippen molar-refractivity contribution in [3.05, 3.63) is 21.9 Å². The molecule has 0 aromatic carbocycles. The zero-order valence-corrected chi connectivity index (χ0v) is 15.4. The van der Waals surface area contributed by atoms with E-state index >= 15 is 0 Å². The fraction of sp³-hybridized carbons (Fsp3) is 0.789. The first-order valence-corrected chi connectivity index (χ1v) is 9.52. The molecule has 0 bridgehead atoms. The maximum absolute atomic E-state index is 3.87. The Labute approximate surface area is 135 Å². The monoisotopic (exact) mass is 307 g/mol. The molecule has 1 aromatic rings. The van der Waals surface area contributed by atoms with E-state index in [1.165, 1.54) is 43.4 Å². The highest BCUT2D eigenvalue weighted by atomic mass is 32.1. The Balaban J connectivity index is 2.24. The summed E-state index contributed by atoms with van der Waals surface area (Å²) in [5.41, 5.74) is 0.707. The standard InChI is InChI=1S/C19H33NS/c1-6-14-20-17(19(5)12-8-7-9-13-19)15-10-11-16(21-15)18(2,3)4/h10-11,17,20H,6-9,12-14H2,1-5H3. The van der Waals surface area contributed by atoms with Gasteiger partial charge in [-0.25, -0.2) is 0 Å². The van der Waals surface area contributed by atoms with E-state index in [9.17, 15) is 0 Å². The Bertz CT molecular complexity index is 435. The Morgan fingerprint density at radius 3 is 2.38 bits per heavy atom. The van der Waals surface area contributed by atoms with Crippen LogP contribution in [0.2, 0.25) is 0 Å². The highest BCUT2D eigenvalue weighted by molar-refractivity contribution is 7.12. The minimum atomic E-state index is 0.270. The molecule has 0 spiro atoms. The summed E-state index contributed by atoms with van der Waals surface area (Å²) >= 11 is 2.03. The summed E-state index contributed by atoms with van der Waals surface area (Å²) < 4.78 is 0. The second-order valence-corrected chi connectivity index (χ2v) is 9.17. The summed E-state index contributed by atoms with van der Waals surface area (Å²) in [5.74, 6) is 0. The second kappa shape index (κ2) is 6.83. The van der Waals surface area contributed by atoms with Crippen LogP contribution in [0, 0.1) is 5.41 Å². The Kier molecular flexibility index (Phi) is 5.54. The van der Waals surface area contributed by atoms with Crippen LogP contribution in [0.4, 0.5) is 0 Å². The van der Waals surface area contributed by atoms with E-state index < -0.39 is 0 Å². The van der Waals surface area contributed by atoms with Crippen molar-refractivity contribution in [3.63, 3.8) is 0 Å². The van der Waals surface area contributed by atoms with Crippen LogP contribution in [0.25, 0.3) is 0 Å². The van der Waals surface area contributed by atoms with Gasteiger partial charge in [0.2, 0.25) is 0 Å². The molecule has 2 heteroatoms. The third-order valence-corrected chi connectivity index (χ3v) is 6.52. The Morgan fingerprint density at radius 1 is 1.19 bits per heavy atom. The van der Waals surface area contributed by atoms with E-state index in [-0.39, 0.29) is 5.41 Å². The van der Waals surface area contributed by atoms with Gasteiger partial charge < -0.3 is 5.32 Å². The van der Waals surface area contributed by atoms with E-state index in [1.54, 1.807) is 4.88 Å². The molecule has 1 fully saturated rings. The molecule has 1 saturated carbocycles. The number of rotatable bonds is 5. The van der Waals surface area contributed by atoms with Gasteiger partial charge in [-0.2, -0.15) is 0 Å². The average Bonchev–Trinajstić information content (AvgIpc) is 2.89. The molecule has 120 valence electrons. The number of hydrogen-bond donors (Lipinski definition) is 1. The topological polar surface area (TPSA) is 12.0 Å². The van der Waals surface area contributed by atoms with Crippen LogP contribution < -0.4 is 5.32 Å². The summed E-state index contributed by atoms with van der Waals surface area (Å²) in [4.78, 5) is 3.07. The maximum Gasteiger partial charge on any atom is 0.0469 e. The Hall–Kier alpha value is -0.340. The molecular formula is C19H33NS. The molecule has 2 rings (SSSR count). The molecule has 1 aliphatic rings. The van der Waals surface area contributed by atoms with Crippen molar-refractivity contribution >= 4 is 11.3 Å². The van der Waals surface area contributed by atoms with Gasteiger partial charge in [0.05, 0.1) is 0 Å². The molecule has 0 saturated heterocycles. The van der Waals surface area contributed by atoms with Gasteiger partial charge >= 0.3 is 0 Å². The third kappa shape index (κ3) is 4.10. The highest BCUT2D eigenvalue weighted by Gasteiger charge is 2.37. The van der Waals surface area contributed by atoms with Gasteiger partial charge in [-0.05, 0) is 48.8 Å². The van der Waals surface area contributed by atoms with Crippen LogP contribution >= 0.6 is 11.3 Å². The average molecular weight is 308 g/mol. The number of hydrogen-bond acceptors (Lipinski definition) is 2. The molecular weight excluding hydrogens is 274 g/mol. The van der Waals surface area contributed by atoms with Gasteiger partial charge in [0.1, 0.15) is 0 Å². The van der Waals surface area contributed by atoms with Crippen molar-refractivity contribution in [3.8, 4) is 0 Å². The summed E-state index contributed by atoms with van der Waals surface area (Å²) in [5, 5.41) is 3.87. The van der Waals surface area contributed by atoms with Crippen molar-refractivity contribution in [2.24, 2.45) is 5.41 Å². The minimum absolute atomic E-state index is 0.270. The molecule has 1 atom stereocenters. The van der Waals surface area contributed by atoms with Crippen LogP contribution in [0.3, 0.4) is 0 Å². The zero-order chi connectivity index (χ0) is 15.5. The van der Waals surface area contributed by atoms with E-state index in [4.69, 9.17) is 0 Å². The van der Waals surface area contributed by atoms with Crippen LogP contribution in [0.15, 0.2) is 12.1 Å². The van der Waals surface area contributed by atoms with Crippen molar-refractivity contribution in [1.82, 2.24) is 5.32 Å². The number of nitrogens with one attached hydrogen (secondary N) is 1. The largest absolute Gasteiger partial charge is 0.309 e. The van der Waals surface area contributed by atoms with E-state index in [2.05, 4.69) is 52.1 Å². The summed E-state index contributed by atoms with van der Waals surface area (Å²) in [7, 11) is 0. The van der Waals surface area contributed by atoms with Crippen LogP contribution in [0.5, 0.6) is 0 Å². The van der Waals surface area contributed by atoms with E-state index in [0.29, 0.717) is 11.5 Å². The lowest BCUT2D eigenvalue weighted by molar-refractivity contribution is 0.147. The van der Waals surface area contributed by atoms with Gasteiger partial charge in [0.25, 0.3) is 0 Å². The first-order valence-electron chi connectivity index (χ1n) is 8.70. The quantitative estimate of drug-likeness (QED) is 0.697. The first kappa shape index (κ1) is 17.0. The van der Waals surface area contributed by atoms with Gasteiger partial charge in [-0.3, -0.25) is 0 Å². The third-order valence-electron chi connectivity index (χ3n) is 4.94. The van der Waals surface area contributed by atoms with Gasteiger partial charge in [0, 0.05) is 15.8 Å². The van der Waals surface area contributed by atoms with Crippen molar-refractivity contribution in [2.75, 3.05) is 6.54 Å². The molecule has 1 heterocycles. The van der Waals surface area contributed by atoms with Gasteiger partial charge in [-0.1, -0.05) is 53.9 Å². The molecule has 1 nitrogen and oxygen atoms in total. The van der Waals surface area contributed by atoms with Gasteiger partial charge in [-0.15, -0.1) is 11.3 Å². The molecule has 1 aliphatic carbocycles. The predicted octanol–water partition coefficient (Wildman–Crippen LogP) is 6.06. The minimum Gasteiger partial charge on any atom is -0.309 e. The molecule has 0 aliphatic heterocycles. The van der Waals surface area contributed by atoms with E-state index in [1.807, 2.05) is 11.3 Å². The summed E-state index contributed by atoms with van der Waals surface area (Å²) in [6.07, 6.45) is 8.18. The second-order valence-electron chi connectivity index (χ2n) is 8.05. The van der Waals surface area contributed by atoms with Crippen LogP contribution in [0.1, 0.15) is 88.9 Å². The van der Waals surface area contributed by atoms with Crippen LogP contribution in [-0.4, -0.2) is 6.54 Å². The lowest BCUT2D eigenvalue weighted by Gasteiger charge is -2.41. The van der Waals surface area contributed by atoms with Crippen molar-refractivity contribution < 1.29 is 0 Å². The van der Waals surface area contributed by atoms with Crippen molar-refractivity contribution in [1.29, 1.82) is 0 Å². The number of thiophene rings is 1. The molecule has 1 N–H and O–H groups in total. The fourth-order valence-corrected chi connectivity index (χ4v) is 4.86. The predicted molar refractivity (Wildman–Crippen MR) is 95.2 cm³/mol. The zero-order valence-electron chi connectivity index (χ0n) is 14.6. The summed E-state index contributed by atoms with van der Waals surface area (Å²) in [6, 6.07) is 5.28. The lowest BCUT2D eigenvalue weighted by Crippen LogP contribution is -2.37. The molecule has 21 heavy (non-hydrogen) atoms. The molecule has 0 amide bonds. The van der Waals surface area contributed by atoms with Gasteiger partial charge in [0.15, 0.2) is 0 Å². The highest BCUT2D eigenvalue weighted by Crippen LogP contribution is 2.47. The Morgan fingerprint density at radius 2 is 1.86 bits per heavy atom. The van der Waals surface area contributed by atoms with Crippen molar-refractivity contribution in [2.45, 2.75) is 84.6 Å². The summed E-state index contributed by atoms with van der Waals surface area (Å²) in [6.45, 7) is 12.9. The SMILES string of the molecule is CCCNC(c1ccc(C(C)(C)C)s1)C1(C)CCCCC1. The smallest absolute Gasteiger partial charge is 0.0469 e. The van der Waals surface area contributed by atoms with E-state index in [0.717, 1.165) is 6.54 Å². The molecule has 1 unspecified atom stereocenters. The first-order chi connectivity index (χ1) is 9.87. The maximum atomic E-state index is 3.87. The van der Waals surface area contributed by atoms with Crippen LogP contribution in [-0.2, 0) is 5.41 Å².